The molecule has 0 bridgehead atoms. The van der Waals surface area contributed by atoms with Crippen molar-refractivity contribution in [3.63, 3.8) is 0 Å². The fourth-order valence-corrected chi connectivity index (χ4v) is 4.82. The standard InChI is InChI=1S/C24H37N3O5/c1-6-15-27(21(30)18(26)13-9-10-14-25)24(22(31-4)32-5)20(29)17-12-8-7-11-16(17)19(28)23(24,2)3/h7-8,11-12,18,22H,6,9-10,13-15,25-26H2,1-5H3/t18-,24+/m0/s1. The van der Waals surface area contributed by atoms with Crippen LogP contribution in [0.15, 0.2) is 24.3 Å². The van der Waals surface area contributed by atoms with Gasteiger partial charge in [-0.15, -0.1) is 0 Å². The molecule has 2 atom stereocenters. The quantitative estimate of drug-likeness (QED) is 0.393. The molecule has 1 aliphatic carbocycles. The molecule has 0 heterocycles. The number of nitrogens with zero attached hydrogens (tertiary/aromatic N) is 1. The number of nitrogens with two attached hydrogens (primary N) is 2. The summed E-state index contributed by atoms with van der Waals surface area (Å²) in [5.41, 5.74) is 9.39. The predicted molar refractivity (Wildman–Crippen MR) is 122 cm³/mol. The molecule has 0 saturated carbocycles. The molecular weight excluding hydrogens is 410 g/mol. The maximum absolute atomic E-state index is 14.2. The first kappa shape index (κ1) is 26.1. The highest BCUT2D eigenvalue weighted by atomic mass is 16.7. The number of amides is 1. The lowest BCUT2D eigenvalue weighted by atomic mass is 9.58. The van der Waals surface area contributed by atoms with Crippen molar-refractivity contribution in [3.05, 3.63) is 35.4 Å². The molecule has 8 nitrogen and oxygen atoms in total. The van der Waals surface area contributed by atoms with Gasteiger partial charge in [-0.1, -0.05) is 37.6 Å². The van der Waals surface area contributed by atoms with Crippen LogP contribution in [-0.4, -0.2) is 67.6 Å². The number of benzene rings is 1. The molecule has 8 heteroatoms. The maximum atomic E-state index is 14.2. The minimum Gasteiger partial charge on any atom is -0.353 e. The van der Waals surface area contributed by atoms with E-state index in [1.54, 1.807) is 38.1 Å². The van der Waals surface area contributed by atoms with Crippen molar-refractivity contribution in [3.8, 4) is 0 Å². The number of carbonyl (C=O) groups excluding carboxylic acids is 3. The van der Waals surface area contributed by atoms with Crippen LogP contribution in [0.5, 0.6) is 0 Å². The second-order valence-corrected chi connectivity index (χ2v) is 8.78. The zero-order valence-corrected chi connectivity index (χ0v) is 19.8. The van der Waals surface area contributed by atoms with Crippen LogP contribution in [0.1, 0.15) is 67.2 Å². The van der Waals surface area contributed by atoms with Gasteiger partial charge in [0.15, 0.2) is 23.4 Å². The number of carbonyl (C=O) groups is 3. The molecule has 0 unspecified atom stereocenters. The average molecular weight is 448 g/mol. The van der Waals surface area contributed by atoms with Crippen LogP contribution >= 0.6 is 0 Å². The van der Waals surface area contributed by atoms with Crippen molar-refractivity contribution in [1.82, 2.24) is 4.90 Å². The van der Waals surface area contributed by atoms with E-state index in [9.17, 15) is 14.4 Å². The van der Waals surface area contributed by atoms with E-state index < -0.39 is 29.2 Å². The first-order valence-electron chi connectivity index (χ1n) is 11.2. The van der Waals surface area contributed by atoms with Gasteiger partial charge in [0.1, 0.15) is 0 Å². The largest absolute Gasteiger partial charge is 0.353 e. The smallest absolute Gasteiger partial charge is 0.240 e. The SMILES string of the molecule is CCCN(C(=O)[C@@H](N)CCCCN)[C@@]1(C(OC)OC)C(=O)c2ccccc2C(=O)C1(C)C. The first-order valence-corrected chi connectivity index (χ1v) is 11.2. The second kappa shape index (κ2) is 10.7. The van der Waals surface area contributed by atoms with Crippen molar-refractivity contribution in [1.29, 1.82) is 0 Å². The Balaban J connectivity index is 2.75. The number of hydrogen-bond donors (Lipinski definition) is 2. The van der Waals surface area contributed by atoms with E-state index in [0.717, 1.165) is 6.42 Å². The molecule has 1 aromatic carbocycles. The summed E-state index contributed by atoms with van der Waals surface area (Å²) in [6.45, 7) is 5.97. The molecule has 0 saturated heterocycles. The van der Waals surface area contributed by atoms with Crippen LogP contribution in [-0.2, 0) is 14.3 Å². The molecule has 178 valence electrons. The summed E-state index contributed by atoms with van der Waals surface area (Å²) in [6, 6.07) is 5.83. The number of Topliss-reactive ketones (excluding diaryl/α,β-unsaturated/α-hetero) is 2. The van der Waals surface area contributed by atoms with Crippen LogP contribution in [0.3, 0.4) is 0 Å². The van der Waals surface area contributed by atoms with Gasteiger partial charge in [0.2, 0.25) is 5.91 Å². The maximum Gasteiger partial charge on any atom is 0.240 e. The monoisotopic (exact) mass is 447 g/mol. The normalized spacial score (nSPS) is 20.9. The van der Waals surface area contributed by atoms with Crippen LogP contribution in [0.2, 0.25) is 0 Å². The minimum atomic E-state index is -1.72. The number of ether oxygens (including phenoxy) is 2. The van der Waals surface area contributed by atoms with E-state index in [0.29, 0.717) is 31.4 Å². The minimum absolute atomic E-state index is 0.220. The molecule has 2 rings (SSSR count). The van der Waals surface area contributed by atoms with Gasteiger partial charge >= 0.3 is 0 Å². The van der Waals surface area contributed by atoms with E-state index >= 15 is 0 Å². The molecule has 0 aliphatic heterocycles. The second-order valence-electron chi connectivity index (χ2n) is 8.78. The summed E-state index contributed by atoms with van der Waals surface area (Å²) in [5, 5.41) is 0. The third kappa shape index (κ3) is 4.12. The van der Waals surface area contributed by atoms with Crippen LogP contribution < -0.4 is 11.5 Å². The molecule has 0 aromatic heterocycles. The Bertz CT molecular complexity index is 837. The van der Waals surface area contributed by atoms with Gasteiger partial charge in [-0.05, 0) is 39.7 Å². The Labute approximate surface area is 190 Å². The van der Waals surface area contributed by atoms with Gasteiger partial charge in [0, 0.05) is 31.9 Å². The Kier molecular flexibility index (Phi) is 8.70. The number of fused-ring (bicyclic) bond motifs is 1. The lowest BCUT2D eigenvalue weighted by molar-refractivity contribution is -0.201. The predicted octanol–water partition coefficient (Wildman–Crippen LogP) is 2.14. The fraction of sp³-hybridized carbons (Fsp3) is 0.625. The van der Waals surface area contributed by atoms with Gasteiger partial charge in [0.05, 0.1) is 11.5 Å². The molecular formula is C24H37N3O5. The van der Waals surface area contributed by atoms with Crippen molar-refractivity contribution in [2.45, 2.75) is 64.3 Å². The molecule has 1 aromatic rings. The molecule has 1 aliphatic rings. The van der Waals surface area contributed by atoms with Crippen molar-refractivity contribution in [2.75, 3.05) is 27.3 Å². The van der Waals surface area contributed by atoms with E-state index in [1.807, 2.05) is 6.92 Å². The van der Waals surface area contributed by atoms with Gasteiger partial charge in [0.25, 0.3) is 0 Å². The molecule has 1 amide bonds. The number of rotatable bonds is 11. The highest BCUT2D eigenvalue weighted by Crippen LogP contribution is 2.49. The van der Waals surface area contributed by atoms with Gasteiger partial charge in [-0.2, -0.15) is 0 Å². The molecule has 0 spiro atoms. The molecule has 32 heavy (non-hydrogen) atoms. The Morgan fingerprint density at radius 3 is 2.12 bits per heavy atom. The lowest BCUT2D eigenvalue weighted by Gasteiger charge is -2.56. The zero-order valence-electron chi connectivity index (χ0n) is 19.8. The average Bonchev–Trinajstić information content (AvgIpc) is 2.79. The Morgan fingerprint density at radius 2 is 1.62 bits per heavy atom. The molecule has 4 N–H and O–H groups in total. The summed E-state index contributed by atoms with van der Waals surface area (Å²) < 4.78 is 11.2. The van der Waals surface area contributed by atoms with Gasteiger partial charge in [-0.3, -0.25) is 14.4 Å². The third-order valence-electron chi connectivity index (χ3n) is 6.48. The summed E-state index contributed by atoms with van der Waals surface area (Å²) in [7, 11) is 2.81. The van der Waals surface area contributed by atoms with Crippen molar-refractivity contribution < 1.29 is 23.9 Å². The topological polar surface area (TPSA) is 125 Å². The highest BCUT2D eigenvalue weighted by Gasteiger charge is 2.68. The summed E-state index contributed by atoms with van der Waals surface area (Å²) in [4.78, 5) is 43.1. The number of methoxy groups -OCH3 is 2. The third-order valence-corrected chi connectivity index (χ3v) is 6.48. The van der Waals surface area contributed by atoms with Crippen molar-refractivity contribution >= 4 is 17.5 Å². The number of hydrogen-bond acceptors (Lipinski definition) is 7. The van der Waals surface area contributed by atoms with Crippen LogP contribution in [0.4, 0.5) is 0 Å². The lowest BCUT2D eigenvalue weighted by Crippen LogP contribution is -2.76. The fourth-order valence-electron chi connectivity index (χ4n) is 4.82. The van der Waals surface area contributed by atoms with Gasteiger partial charge < -0.3 is 25.8 Å². The van der Waals surface area contributed by atoms with Crippen LogP contribution in [0, 0.1) is 5.41 Å². The molecule has 0 fully saturated rings. The van der Waals surface area contributed by atoms with E-state index in [2.05, 4.69) is 0 Å². The van der Waals surface area contributed by atoms with E-state index in [4.69, 9.17) is 20.9 Å². The van der Waals surface area contributed by atoms with Crippen molar-refractivity contribution in [2.24, 2.45) is 16.9 Å². The first-order chi connectivity index (χ1) is 15.2. The summed E-state index contributed by atoms with van der Waals surface area (Å²) in [5.74, 6) is -1.05. The highest BCUT2D eigenvalue weighted by molar-refractivity contribution is 6.22. The summed E-state index contributed by atoms with van der Waals surface area (Å²) in [6.07, 6.45) is 1.25. The summed E-state index contributed by atoms with van der Waals surface area (Å²) >= 11 is 0. The number of unbranched alkanes of at least 4 members (excludes halogenated alkanes) is 1. The van der Waals surface area contributed by atoms with E-state index in [1.165, 1.54) is 19.1 Å². The van der Waals surface area contributed by atoms with Crippen LogP contribution in [0.25, 0.3) is 0 Å². The van der Waals surface area contributed by atoms with Gasteiger partial charge in [-0.25, -0.2) is 0 Å². The molecule has 0 radical (unpaired) electrons. The Hall–Kier alpha value is -2.13. The van der Waals surface area contributed by atoms with E-state index in [-0.39, 0.29) is 23.7 Å². The number of ketones is 2. The Morgan fingerprint density at radius 1 is 1.06 bits per heavy atom. The zero-order chi connectivity index (χ0) is 24.1.